The molecule has 0 saturated carbocycles. The Balaban J connectivity index is 1.80. The van der Waals surface area contributed by atoms with Crippen molar-refractivity contribution in [3.8, 4) is 0 Å². The van der Waals surface area contributed by atoms with E-state index in [1.165, 1.54) is 0 Å². The van der Waals surface area contributed by atoms with Crippen molar-refractivity contribution in [2.24, 2.45) is 11.8 Å². The fraction of sp³-hybridized carbons (Fsp3) is 0.917. The number of piperidine rings is 1. The fourth-order valence-corrected chi connectivity index (χ4v) is 2.86. The SMILES string of the molecule is C[C@@H]1CN(C(=O)O)CC[C@@H]1CN1CCNCC1. The second kappa shape index (κ2) is 5.69. The molecule has 0 aromatic carbocycles. The van der Waals surface area contributed by atoms with Gasteiger partial charge in [-0.25, -0.2) is 4.79 Å². The summed E-state index contributed by atoms with van der Waals surface area (Å²) in [5, 5.41) is 12.3. The molecule has 0 aromatic rings. The van der Waals surface area contributed by atoms with Crippen LogP contribution < -0.4 is 5.32 Å². The van der Waals surface area contributed by atoms with Gasteiger partial charge in [-0.1, -0.05) is 6.92 Å². The second-order valence-corrected chi connectivity index (χ2v) is 5.31. The Kier molecular flexibility index (Phi) is 4.23. The van der Waals surface area contributed by atoms with E-state index in [-0.39, 0.29) is 0 Å². The number of carbonyl (C=O) groups is 1. The van der Waals surface area contributed by atoms with E-state index in [0.29, 0.717) is 24.9 Å². The van der Waals surface area contributed by atoms with Gasteiger partial charge in [0.25, 0.3) is 0 Å². The molecule has 2 aliphatic rings. The summed E-state index contributed by atoms with van der Waals surface area (Å²) in [6.45, 7) is 9.16. The Hall–Kier alpha value is -0.810. The van der Waals surface area contributed by atoms with Gasteiger partial charge in [0.1, 0.15) is 0 Å². The molecule has 0 spiro atoms. The highest BCUT2D eigenvalue weighted by molar-refractivity contribution is 5.65. The second-order valence-electron chi connectivity index (χ2n) is 5.31. The van der Waals surface area contributed by atoms with Gasteiger partial charge in [0.15, 0.2) is 0 Å². The molecule has 0 aromatic heterocycles. The third-order valence-electron chi connectivity index (χ3n) is 4.06. The number of hydrogen-bond acceptors (Lipinski definition) is 3. The van der Waals surface area contributed by atoms with Crippen LogP contribution >= 0.6 is 0 Å². The van der Waals surface area contributed by atoms with Crippen LogP contribution in [0.1, 0.15) is 13.3 Å². The smallest absolute Gasteiger partial charge is 0.407 e. The first kappa shape index (κ1) is 12.6. The van der Waals surface area contributed by atoms with Crippen LogP contribution in [0.2, 0.25) is 0 Å². The minimum absolute atomic E-state index is 0.481. The Morgan fingerprint density at radius 1 is 1.35 bits per heavy atom. The first-order valence-electron chi connectivity index (χ1n) is 6.58. The molecule has 5 heteroatoms. The van der Waals surface area contributed by atoms with Gasteiger partial charge in [-0.15, -0.1) is 0 Å². The molecule has 2 aliphatic heterocycles. The van der Waals surface area contributed by atoms with E-state index < -0.39 is 6.09 Å². The monoisotopic (exact) mass is 241 g/mol. The summed E-state index contributed by atoms with van der Waals surface area (Å²) in [4.78, 5) is 15.0. The Labute approximate surface area is 103 Å². The van der Waals surface area contributed by atoms with E-state index in [9.17, 15) is 4.79 Å². The van der Waals surface area contributed by atoms with Gasteiger partial charge >= 0.3 is 6.09 Å². The minimum atomic E-state index is -0.766. The molecule has 0 bridgehead atoms. The maximum Gasteiger partial charge on any atom is 0.407 e. The van der Waals surface area contributed by atoms with Gasteiger partial charge in [0.2, 0.25) is 0 Å². The zero-order valence-electron chi connectivity index (χ0n) is 10.6. The zero-order chi connectivity index (χ0) is 12.3. The van der Waals surface area contributed by atoms with Crippen LogP contribution in [0, 0.1) is 11.8 Å². The average molecular weight is 241 g/mol. The van der Waals surface area contributed by atoms with Crippen LogP contribution in [-0.4, -0.2) is 66.8 Å². The summed E-state index contributed by atoms with van der Waals surface area (Å²) in [6, 6.07) is 0. The Morgan fingerprint density at radius 2 is 2.06 bits per heavy atom. The average Bonchev–Trinajstić information content (AvgIpc) is 2.33. The molecule has 0 radical (unpaired) electrons. The van der Waals surface area contributed by atoms with Crippen LogP contribution in [0.3, 0.4) is 0 Å². The van der Waals surface area contributed by atoms with Crippen LogP contribution in [0.15, 0.2) is 0 Å². The van der Waals surface area contributed by atoms with Crippen molar-refractivity contribution in [1.82, 2.24) is 15.1 Å². The number of hydrogen-bond donors (Lipinski definition) is 2. The van der Waals surface area contributed by atoms with E-state index in [2.05, 4.69) is 17.1 Å². The molecule has 2 heterocycles. The molecular weight excluding hydrogens is 218 g/mol. The van der Waals surface area contributed by atoms with Crippen LogP contribution in [0.4, 0.5) is 4.79 Å². The highest BCUT2D eigenvalue weighted by atomic mass is 16.4. The maximum absolute atomic E-state index is 10.9. The standard InChI is InChI=1S/C12H23N3O2/c1-10-8-15(12(16)17)5-2-11(10)9-14-6-3-13-4-7-14/h10-11,13H,2-9H2,1H3,(H,16,17)/t10-,11-/m1/s1. The van der Waals surface area contributed by atoms with Crippen LogP contribution in [-0.2, 0) is 0 Å². The summed E-state index contributed by atoms with van der Waals surface area (Å²) in [5.74, 6) is 1.14. The lowest BCUT2D eigenvalue weighted by Gasteiger charge is -2.39. The van der Waals surface area contributed by atoms with Crippen LogP contribution in [0.25, 0.3) is 0 Å². The van der Waals surface area contributed by atoms with Crippen molar-refractivity contribution in [3.63, 3.8) is 0 Å². The van der Waals surface area contributed by atoms with Crippen molar-refractivity contribution in [3.05, 3.63) is 0 Å². The van der Waals surface area contributed by atoms with Crippen molar-refractivity contribution >= 4 is 6.09 Å². The number of nitrogens with one attached hydrogen (secondary N) is 1. The predicted molar refractivity (Wildman–Crippen MR) is 66.2 cm³/mol. The lowest BCUT2D eigenvalue weighted by atomic mass is 9.86. The van der Waals surface area contributed by atoms with Crippen LogP contribution in [0.5, 0.6) is 0 Å². The van der Waals surface area contributed by atoms with Gasteiger partial charge in [-0.3, -0.25) is 0 Å². The van der Waals surface area contributed by atoms with E-state index in [1.54, 1.807) is 4.90 Å². The molecule has 17 heavy (non-hydrogen) atoms. The highest BCUT2D eigenvalue weighted by Gasteiger charge is 2.29. The van der Waals surface area contributed by atoms with Crippen molar-refractivity contribution in [2.75, 3.05) is 45.8 Å². The molecule has 2 saturated heterocycles. The number of nitrogens with zero attached hydrogens (tertiary/aromatic N) is 2. The number of carboxylic acid groups (broad SMARTS) is 1. The Morgan fingerprint density at radius 3 is 2.65 bits per heavy atom. The van der Waals surface area contributed by atoms with Gasteiger partial charge in [0.05, 0.1) is 0 Å². The molecule has 2 N–H and O–H groups in total. The number of piperazine rings is 1. The molecule has 2 rings (SSSR count). The summed E-state index contributed by atoms with van der Waals surface area (Å²) in [6.07, 6.45) is 0.245. The first-order chi connectivity index (χ1) is 8.16. The highest BCUT2D eigenvalue weighted by Crippen LogP contribution is 2.24. The van der Waals surface area contributed by atoms with Gasteiger partial charge in [0, 0.05) is 45.8 Å². The fourth-order valence-electron chi connectivity index (χ4n) is 2.86. The van der Waals surface area contributed by atoms with Crippen molar-refractivity contribution < 1.29 is 9.90 Å². The van der Waals surface area contributed by atoms with E-state index in [0.717, 1.165) is 39.1 Å². The molecule has 2 fully saturated rings. The molecule has 0 aliphatic carbocycles. The predicted octanol–water partition coefficient (Wildman–Crippen LogP) is 0.528. The van der Waals surface area contributed by atoms with Gasteiger partial charge < -0.3 is 20.2 Å². The quantitative estimate of drug-likeness (QED) is 0.740. The molecule has 0 unspecified atom stereocenters. The van der Waals surface area contributed by atoms with E-state index in [4.69, 9.17) is 5.11 Å². The minimum Gasteiger partial charge on any atom is -0.465 e. The Bertz CT molecular complexity index is 266. The lowest BCUT2D eigenvalue weighted by Crippen LogP contribution is -2.49. The van der Waals surface area contributed by atoms with E-state index >= 15 is 0 Å². The third kappa shape index (κ3) is 3.33. The molecule has 98 valence electrons. The molecular formula is C12H23N3O2. The summed E-state index contributed by atoms with van der Waals surface area (Å²) in [7, 11) is 0. The normalized spacial score (nSPS) is 31.5. The molecule has 5 nitrogen and oxygen atoms in total. The van der Waals surface area contributed by atoms with Gasteiger partial charge in [-0.2, -0.15) is 0 Å². The summed E-state index contributed by atoms with van der Waals surface area (Å²) >= 11 is 0. The summed E-state index contributed by atoms with van der Waals surface area (Å²) < 4.78 is 0. The molecule has 1 amide bonds. The number of rotatable bonds is 2. The maximum atomic E-state index is 10.9. The number of likely N-dealkylation sites (tertiary alicyclic amines) is 1. The topological polar surface area (TPSA) is 55.8 Å². The third-order valence-corrected chi connectivity index (χ3v) is 4.06. The van der Waals surface area contributed by atoms with E-state index in [1.807, 2.05) is 0 Å². The molecule has 2 atom stereocenters. The van der Waals surface area contributed by atoms with Gasteiger partial charge in [-0.05, 0) is 18.3 Å². The zero-order valence-corrected chi connectivity index (χ0v) is 10.6. The number of amides is 1. The lowest BCUT2D eigenvalue weighted by molar-refractivity contribution is 0.0822. The summed E-state index contributed by atoms with van der Waals surface area (Å²) in [5.41, 5.74) is 0. The largest absolute Gasteiger partial charge is 0.465 e. The first-order valence-corrected chi connectivity index (χ1v) is 6.58. The van der Waals surface area contributed by atoms with Crippen molar-refractivity contribution in [2.45, 2.75) is 13.3 Å². The van der Waals surface area contributed by atoms with Crippen molar-refractivity contribution in [1.29, 1.82) is 0 Å².